The van der Waals surface area contributed by atoms with Gasteiger partial charge in [-0.1, -0.05) is 0 Å². The van der Waals surface area contributed by atoms with Crippen LogP contribution >= 0.6 is 0 Å². The monoisotopic (exact) mass is 438 g/mol. The molecule has 30 heavy (non-hydrogen) atoms. The number of nitrogens with zero attached hydrogens (tertiary/aromatic N) is 1. The van der Waals surface area contributed by atoms with E-state index in [0.717, 1.165) is 13.0 Å². The fourth-order valence-corrected chi connectivity index (χ4v) is 2.16. The Labute approximate surface area is 164 Å². The molecule has 0 aliphatic rings. The second-order valence-electron chi connectivity index (χ2n) is 6.20. The summed E-state index contributed by atoms with van der Waals surface area (Å²) in [5, 5.41) is 22.8. The van der Waals surface area contributed by atoms with Crippen molar-refractivity contribution in [2.24, 2.45) is 0 Å². The zero-order chi connectivity index (χ0) is 22.9. The summed E-state index contributed by atoms with van der Waals surface area (Å²) in [7, 11) is 0. The number of aliphatic hydroxyl groups is 1. The third-order valence-corrected chi connectivity index (χ3v) is 3.73. The highest BCUT2D eigenvalue weighted by Gasteiger charge is 2.39. The van der Waals surface area contributed by atoms with E-state index in [1.807, 2.05) is 5.32 Å². The van der Waals surface area contributed by atoms with Crippen molar-refractivity contribution in [1.29, 1.82) is 0 Å². The molecule has 0 saturated heterocycles. The smallest absolute Gasteiger partial charge is 0.423 e. The fourth-order valence-electron chi connectivity index (χ4n) is 2.16. The number of ether oxygens (including phenoxy) is 1. The number of hydrogen-bond donors (Lipinski definition) is 2. The number of alkyl halides is 3. The second-order valence-corrected chi connectivity index (χ2v) is 6.20. The lowest BCUT2D eigenvalue weighted by Gasteiger charge is -2.23. The molecular formula is C17H12F6N2O5. The van der Waals surface area contributed by atoms with Crippen LogP contribution in [0, 0.1) is 27.6 Å². The largest absolute Gasteiger partial charge is 0.487 e. The van der Waals surface area contributed by atoms with Gasteiger partial charge in [-0.3, -0.25) is 14.9 Å². The van der Waals surface area contributed by atoms with Gasteiger partial charge in [0.1, 0.15) is 12.2 Å². The Morgan fingerprint density at radius 3 is 2.30 bits per heavy atom. The zero-order valence-corrected chi connectivity index (χ0v) is 14.9. The van der Waals surface area contributed by atoms with Gasteiger partial charge in [-0.2, -0.15) is 13.2 Å². The number of nitro benzene ring substituents is 1. The van der Waals surface area contributed by atoms with E-state index in [1.54, 1.807) is 0 Å². The average molecular weight is 438 g/mol. The molecule has 0 heterocycles. The molecule has 0 unspecified atom stereocenters. The number of carbonyl (C=O) groups is 1. The first kappa shape index (κ1) is 22.9. The summed E-state index contributed by atoms with van der Waals surface area (Å²) in [5.74, 6) is -6.41. The highest BCUT2D eigenvalue weighted by molar-refractivity contribution is 5.97. The van der Waals surface area contributed by atoms with Gasteiger partial charge in [-0.15, -0.1) is 0 Å². The highest BCUT2D eigenvalue weighted by Crippen LogP contribution is 2.37. The van der Waals surface area contributed by atoms with Gasteiger partial charge in [-0.25, -0.2) is 13.2 Å². The third-order valence-electron chi connectivity index (χ3n) is 3.73. The predicted octanol–water partition coefficient (Wildman–Crippen LogP) is 3.80. The first-order valence-electron chi connectivity index (χ1n) is 7.89. The lowest BCUT2D eigenvalue weighted by Crippen LogP contribution is -2.45. The molecule has 1 atom stereocenters. The molecule has 0 saturated carbocycles. The van der Waals surface area contributed by atoms with E-state index in [2.05, 4.69) is 0 Å². The van der Waals surface area contributed by atoms with Gasteiger partial charge in [-0.05, 0) is 19.1 Å². The number of rotatable bonds is 6. The SMILES string of the molecule is C[C@](O)(COc1cc(F)c(F)cc1F)C(=O)Nc1ccc([N+](=O)[O-])c(C(F)(F)F)c1. The molecule has 2 N–H and O–H groups in total. The lowest BCUT2D eigenvalue weighted by atomic mass is 10.1. The van der Waals surface area contributed by atoms with Crippen LogP contribution < -0.4 is 10.1 Å². The lowest BCUT2D eigenvalue weighted by molar-refractivity contribution is -0.388. The Balaban J connectivity index is 2.18. The molecule has 0 bridgehead atoms. The molecule has 2 aromatic carbocycles. The van der Waals surface area contributed by atoms with Gasteiger partial charge in [0.25, 0.3) is 11.6 Å². The zero-order valence-electron chi connectivity index (χ0n) is 14.9. The van der Waals surface area contributed by atoms with E-state index >= 15 is 0 Å². The van der Waals surface area contributed by atoms with Crippen molar-refractivity contribution in [2.75, 3.05) is 11.9 Å². The van der Waals surface area contributed by atoms with Crippen LogP contribution in [0.3, 0.4) is 0 Å². The van der Waals surface area contributed by atoms with Crippen LogP contribution in [-0.2, 0) is 11.0 Å². The van der Waals surface area contributed by atoms with Crippen molar-refractivity contribution in [3.63, 3.8) is 0 Å². The Kier molecular flexibility index (Phi) is 6.25. The molecule has 162 valence electrons. The maximum atomic E-state index is 13.5. The first-order valence-corrected chi connectivity index (χ1v) is 7.89. The highest BCUT2D eigenvalue weighted by atomic mass is 19.4. The molecule has 0 aliphatic heterocycles. The summed E-state index contributed by atoms with van der Waals surface area (Å²) in [4.78, 5) is 21.6. The van der Waals surface area contributed by atoms with E-state index in [4.69, 9.17) is 4.74 Å². The molecule has 2 rings (SSSR count). The number of halogens is 6. The van der Waals surface area contributed by atoms with E-state index in [-0.39, 0.29) is 6.07 Å². The molecular weight excluding hydrogens is 426 g/mol. The van der Waals surface area contributed by atoms with Crippen LogP contribution in [0.2, 0.25) is 0 Å². The van der Waals surface area contributed by atoms with E-state index in [9.17, 15) is 46.4 Å². The first-order chi connectivity index (χ1) is 13.7. The summed E-state index contributed by atoms with van der Waals surface area (Å²) in [6, 6.07) is 2.12. The summed E-state index contributed by atoms with van der Waals surface area (Å²) in [6.45, 7) is -0.129. The van der Waals surface area contributed by atoms with Crippen molar-refractivity contribution in [3.8, 4) is 5.75 Å². The average Bonchev–Trinajstić information content (AvgIpc) is 2.62. The van der Waals surface area contributed by atoms with E-state index < -0.39 is 69.4 Å². The molecule has 0 spiro atoms. The van der Waals surface area contributed by atoms with Crippen LogP contribution in [-0.4, -0.2) is 28.1 Å². The van der Waals surface area contributed by atoms with Gasteiger partial charge >= 0.3 is 6.18 Å². The topological polar surface area (TPSA) is 102 Å². The van der Waals surface area contributed by atoms with Crippen LogP contribution in [0.4, 0.5) is 37.7 Å². The molecule has 13 heteroatoms. The maximum absolute atomic E-state index is 13.5. The predicted molar refractivity (Wildman–Crippen MR) is 89.2 cm³/mol. The van der Waals surface area contributed by atoms with Gasteiger partial charge in [0, 0.05) is 23.9 Å². The molecule has 0 fully saturated rings. The minimum atomic E-state index is -5.10. The number of amides is 1. The summed E-state index contributed by atoms with van der Waals surface area (Å²) < 4.78 is 83.3. The Hall–Kier alpha value is -3.35. The van der Waals surface area contributed by atoms with Crippen molar-refractivity contribution >= 4 is 17.3 Å². The van der Waals surface area contributed by atoms with Gasteiger partial charge in [0.05, 0.1) is 4.92 Å². The van der Waals surface area contributed by atoms with Crippen molar-refractivity contribution in [3.05, 3.63) is 63.5 Å². The fraction of sp³-hybridized carbons (Fsp3) is 0.235. The van der Waals surface area contributed by atoms with Gasteiger partial charge < -0.3 is 15.2 Å². The van der Waals surface area contributed by atoms with Gasteiger partial charge in [0.15, 0.2) is 28.8 Å². The number of anilines is 1. The normalized spacial score (nSPS) is 13.5. The maximum Gasteiger partial charge on any atom is 0.423 e. The van der Waals surface area contributed by atoms with Gasteiger partial charge in [0.2, 0.25) is 0 Å². The summed E-state index contributed by atoms with van der Waals surface area (Å²) in [6.07, 6.45) is -5.10. The Bertz CT molecular complexity index is 993. The van der Waals surface area contributed by atoms with Crippen molar-refractivity contribution in [1.82, 2.24) is 0 Å². The molecule has 7 nitrogen and oxygen atoms in total. The van der Waals surface area contributed by atoms with Crippen LogP contribution in [0.5, 0.6) is 5.75 Å². The van der Waals surface area contributed by atoms with E-state index in [1.165, 1.54) is 0 Å². The quantitative estimate of drug-likeness (QED) is 0.309. The summed E-state index contributed by atoms with van der Waals surface area (Å²) >= 11 is 0. The third kappa shape index (κ3) is 5.17. The molecule has 0 aromatic heterocycles. The Morgan fingerprint density at radius 2 is 1.73 bits per heavy atom. The van der Waals surface area contributed by atoms with E-state index in [0.29, 0.717) is 18.2 Å². The number of nitrogens with one attached hydrogen (secondary N) is 1. The number of hydrogen-bond acceptors (Lipinski definition) is 5. The van der Waals surface area contributed by atoms with Crippen LogP contribution in [0.15, 0.2) is 30.3 Å². The molecule has 2 aromatic rings. The Morgan fingerprint density at radius 1 is 1.13 bits per heavy atom. The second kappa shape index (κ2) is 8.18. The van der Waals surface area contributed by atoms with Crippen LogP contribution in [0.25, 0.3) is 0 Å². The minimum Gasteiger partial charge on any atom is -0.487 e. The molecule has 1 amide bonds. The number of carbonyl (C=O) groups excluding carboxylic acids is 1. The molecule has 0 radical (unpaired) electrons. The standard InChI is InChI=1S/C17H12F6N2O5/c1-16(27,7-30-14-6-11(19)10(18)5-12(14)20)15(26)24-8-2-3-13(25(28)29)9(4-8)17(21,22)23/h2-6,27H,7H2,1H3,(H,24,26)/t16-/m0/s1. The number of benzene rings is 2. The summed E-state index contributed by atoms with van der Waals surface area (Å²) in [5.41, 5.74) is -5.87. The van der Waals surface area contributed by atoms with Crippen molar-refractivity contribution < 1.29 is 45.9 Å². The number of nitro groups is 1. The minimum absolute atomic E-state index is 0.176. The van der Waals surface area contributed by atoms with Crippen molar-refractivity contribution in [2.45, 2.75) is 18.7 Å². The van der Waals surface area contributed by atoms with Crippen LogP contribution in [0.1, 0.15) is 12.5 Å². The molecule has 0 aliphatic carbocycles.